The molecule has 1 rings (SSSR count). The molecule has 0 heterocycles. The smallest absolute Gasteiger partial charge is 0.123 e. The third-order valence-corrected chi connectivity index (χ3v) is 2.25. The van der Waals surface area contributed by atoms with Crippen molar-refractivity contribution in [3.63, 3.8) is 0 Å². The van der Waals surface area contributed by atoms with Gasteiger partial charge in [-0.05, 0) is 24.1 Å². The first-order valence-electron chi connectivity index (χ1n) is 5.34. The summed E-state index contributed by atoms with van der Waals surface area (Å²) < 4.78 is 23.5. The van der Waals surface area contributed by atoms with Crippen LogP contribution < -0.4 is 5.73 Å². The molecule has 1 aromatic carbocycles. The molecule has 2 N–H and O–H groups in total. The Balaban J connectivity index is 2.47. The molecule has 3 nitrogen and oxygen atoms in total. The van der Waals surface area contributed by atoms with Crippen molar-refractivity contribution < 1.29 is 13.9 Å². The largest absolute Gasteiger partial charge is 0.385 e. The summed E-state index contributed by atoms with van der Waals surface area (Å²) in [5.74, 6) is -0.267. The van der Waals surface area contributed by atoms with Gasteiger partial charge in [0.05, 0.1) is 6.10 Å². The summed E-state index contributed by atoms with van der Waals surface area (Å²) in [5.41, 5.74) is 6.37. The molecule has 0 aromatic heterocycles. The highest BCUT2D eigenvalue weighted by Crippen LogP contribution is 2.17. The average molecular weight is 227 g/mol. The topological polar surface area (TPSA) is 44.5 Å². The van der Waals surface area contributed by atoms with Crippen molar-refractivity contribution in [2.24, 2.45) is 5.73 Å². The van der Waals surface area contributed by atoms with Gasteiger partial charge in [0.25, 0.3) is 0 Å². The Kier molecular flexibility index (Phi) is 6.00. The van der Waals surface area contributed by atoms with Crippen LogP contribution in [0.2, 0.25) is 0 Å². The van der Waals surface area contributed by atoms with Gasteiger partial charge in [-0.3, -0.25) is 0 Å². The maximum Gasteiger partial charge on any atom is 0.123 e. The second-order valence-electron chi connectivity index (χ2n) is 3.50. The standard InChI is InChI=1S/C12H18FNO2/c1-15-6-3-7-16-12(9-14)10-4-2-5-11(13)8-10/h2,4-5,8,12H,3,6-7,9,14H2,1H3. The molecular formula is C12H18FNO2. The van der Waals surface area contributed by atoms with Gasteiger partial charge in [0.1, 0.15) is 5.82 Å². The molecule has 0 amide bonds. The van der Waals surface area contributed by atoms with E-state index in [2.05, 4.69) is 0 Å². The third kappa shape index (κ3) is 4.26. The first-order chi connectivity index (χ1) is 7.77. The molecule has 0 saturated carbocycles. The molecule has 0 saturated heterocycles. The predicted molar refractivity (Wildman–Crippen MR) is 60.6 cm³/mol. The zero-order valence-electron chi connectivity index (χ0n) is 9.49. The van der Waals surface area contributed by atoms with Crippen molar-refractivity contribution in [3.8, 4) is 0 Å². The van der Waals surface area contributed by atoms with E-state index in [4.69, 9.17) is 15.2 Å². The van der Waals surface area contributed by atoms with Gasteiger partial charge in [0.2, 0.25) is 0 Å². The van der Waals surface area contributed by atoms with Crippen LogP contribution in [0.5, 0.6) is 0 Å². The van der Waals surface area contributed by atoms with Crippen molar-refractivity contribution in [3.05, 3.63) is 35.6 Å². The minimum Gasteiger partial charge on any atom is -0.385 e. The lowest BCUT2D eigenvalue weighted by Crippen LogP contribution is -2.17. The Morgan fingerprint density at radius 2 is 2.19 bits per heavy atom. The molecule has 90 valence electrons. The fraction of sp³-hybridized carbons (Fsp3) is 0.500. The number of rotatable bonds is 7. The highest BCUT2D eigenvalue weighted by Gasteiger charge is 2.10. The third-order valence-electron chi connectivity index (χ3n) is 2.25. The lowest BCUT2D eigenvalue weighted by molar-refractivity contribution is 0.0437. The second kappa shape index (κ2) is 7.33. The number of hydrogen-bond donors (Lipinski definition) is 1. The van der Waals surface area contributed by atoms with Crippen LogP contribution >= 0.6 is 0 Å². The van der Waals surface area contributed by atoms with Crippen molar-refractivity contribution in [2.45, 2.75) is 12.5 Å². The Hall–Kier alpha value is -0.970. The SMILES string of the molecule is COCCCOC(CN)c1cccc(F)c1. The van der Waals surface area contributed by atoms with Crippen molar-refractivity contribution >= 4 is 0 Å². The summed E-state index contributed by atoms with van der Waals surface area (Å²) in [7, 11) is 1.65. The summed E-state index contributed by atoms with van der Waals surface area (Å²) in [4.78, 5) is 0. The van der Waals surface area contributed by atoms with Gasteiger partial charge in [0, 0.05) is 26.9 Å². The van der Waals surface area contributed by atoms with E-state index in [1.807, 2.05) is 6.07 Å². The lowest BCUT2D eigenvalue weighted by Gasteiger charge is -2.16. The maximum absolute atomic E-state index is 13.0. The van der Waals surface area contributed by atoms with Crippen LogP contribution in [0.25, 0.3) is 0 Å². The minimum atomic E-state index is -0.267. The second-order valence-corrected chi connectivity index (χ2v) is 3.50. The van der Waals surface area contributed by atoms with E-state index in [1.54, 1.807) is 13.2 Å². The molecule has 1 aromatic rings. The zero-order valence-corrected chi connectivity index (χ0v) is 9.49. The monoisotopic (exact) mass is 227 g/mol. The average Bonchev–Trinajstić information content (AvgIpc) is 2.29. The molecule has 0 aliphatic heterocycles. The number of ether oxygens (including phenoxy) is 2. The van der Waals surface area contributed by atoms with Crippen LogP contribution in [-0.4, -0.2) is 26.9 Å². The fourth-order valence-electron chi connectivity index (χ4n) is 1.44. The van der Waals surface area contributed by atoms with Gasteiger partial charge in [-0.1, -0.05) is 12.1 Å². The van der Waals surface area contributed by atoms with Crippen molar-refractivity contribution in [1.82, 2.24) is 0 Å². The van der Waals surface area contributed by atoms with Crippen molar-refractivity contribution in [1.29, 1.82) is 0 Å². The fourth-order valence-corrected chi connectivity index (χ4v) is 1.44. The summed E-state index contributed by atoms with van der Waals surface area (Å²) in [5, 5.41) is 0. The number of methoxy groups -OCH3 is 1. The molecule has 0 aliphatic carbocycles. The van der Waals surface area contributed by atoms with Gasteiger partial charge < -0.3 is 15.2 Å². The number of nitrogens with two attached hydrogens (primary N) is 1. The molecule has 0 bridgehead atoms. The number of halogens is 1. The van der Waals surface area contributed by atoms with Crippen molar-refractivity contribution in [2.75, 3.05) is 26.9 Å². The Morgan fingerprint density at radius 1 is 1.38 bits per heavy atom. The zero-order chi connectivity index (χ0) is 11.8. The van der Waals surface area contributed by atoms with E-state index in [1.165, 1.54) is 12.1 Å². The molecule has 4 heteroatoms. The van der Waals surface area contributed by atoms with E-state index in [-0.39, 0.29) is 11.9 Å². The van der Waals surface area contributed by atoms with E-state index in [0.717, 1.165) is 12.0 Å². The highest BCUT2D eigenvalue weighted by molar-refractivity contribution is 5.19. The molecule has 1 unspecified atom stereocenters. The molecule has 1 atom stereocenters. The molecule has 0 spiro atoms. The van der Waals surface area contributed by atoms with E-state index < -0.39 is 0 Å². The summed E-state index contributed by atoms with van der Waals surface area (Å²) >= 11 is 0. The van der Waals surface area contributed by atoms with Crippen LogP contribution in [-0.2, 0) is 9.47 Å². The molecular weight excluding hydrogens is 209 g/mol. The predicted octanol–water partition coefficient (Wildman–Crippen LogP) is 1.88. The summed E-state index contributed by atoms with van der Waals surface area (Å²) in [6, 6.07) is 6.33. The molecule has 0 fully saturated rings. The number of hydrogen-bond acceptors (Lipinski definition) is 3. The minimum absolute atomic E-state index is 0.243. The maximum atomic E-state index is 13.0. The Morgan fingerprint density at radius 3 is 2.81 bits per heavy atom. The molecule has 0 aliphatic rings. The Labute approximate surface area is 95.4 Å². The van der Waals surface area contributed by atoms with E-state index in [0.29, 0.717) is 19.8 Å². The van der Waals surface area contributed by atoms with Gasteiger partial charge in [0.15, 0.2) is 0 Å². The highest BCUT2D eigenvalue weighted by atomic mass is 19.1. The number of benzene rings is 1. The van der Waals surface area contributed by atoms with E-state index >= 15 is 0 Å². The first-order valence-corrected chi connectivity index (χ1v) is 5.34. The van der Waals surface area contributed by atoms with Crippen LogP contribution in [0, 0.1) is 5.82 Å². The summed E-state index contributed by atoms with van der Waals surface area (Å²) in [6.45, 7) is 1.56. The molecule has 0 radical (unpaired) electrons. The van der Waals surface area contributed by atoms with Crippen LogP contribution in [0.1, 0.15) is 18.1 Å². The van der Waals surface area contributed by atoms with E-state index in [9.17, 15) is 4.39 Å². The lowest BCUT2D eigenvalue weighted by atomic mass is 10.1. The summed E-state index contributed by atoms with van der Waals surface area (Å²) in [6.07, 6.45) is 0.565. The van der Waals surface area contributed by atoms with Gasteiger partial charge >= 0.3 is 0 Å². The normalized spacial score (nSPS) is 12.7. The van der Waals surface area contributed by atoms with Crippen LogP contribution in [0.4, 0.5) is 4.39 Å². The van der Waals surface area contributed by atoms with Crippen LogP contribution in [0.15, 0.2) is 24.3 Å². The Bertz CT molecular complexity index is 307. The quantitative estimate of drug-likeness (QED) is 0.723. The van der Waals surface area contributed by atoms with Gasteiger partial charge in [-0.25, -0.2) is 4.39 Å². The van der Waals surface area contributed by atoms with Crippen LogP contribution in [0.3, 0.4) is 0 Å². The molecule has 16 heavy (non-hydrogen) atoms. The van der Waals surface area contributed by atoms with Gasteiger partial charge in [-0.2, -0.15) is 0 Å². The van der Waals surface area contributed by atoms with Gasteiger partial charge in [-0.15, -0.1) is 0 Å². The first kappa shape index (κ1) is 13.1.